The number of aliphatic hydroxyl groups excluding tert-OH is 1. The molecule has 18 heavy (non-hydrogen) atoms. The van der Waals surface area contributed by atoms with Crippen molar-refractivity contribution in [1.29, 1.82) is 0 Å². The average Bonchev–Trinajstić information content (AvgIpc) is 2.39. The van der Waals surface area contributed by atoms with Crippen molar-refractivity contribution in [2.24, 2.45) is 0 Å². The van der Waals surface area contributed by atoms with Gasteiger partial charge in [-0.3, -0.25) is 4.90 Å². The molecular weight excluding hydrogens is 230 g/mol. The lowest BCUT2D eigenvalue weighted by atomic mass is 10.2. The fraction of sp³-hybridized carbons (Fsp3) is 0.571. The average molecular weight is 251 g/mol. The molecule has 100 valence electrons. The van der Waals surface area contributed by atoms with Gasteiger partial charge in [-0.1, -0.05) is 18.2 Å². The van der Waals surface area contributed by atoms with Gasteiger partial charge < -0.3 is 14.6 Å². The van der Waals surface area contributed by atoms with Gasteiger partial charge in [0.1, 0.15) is 18.5 Å². The quantitative estimate of drug-likeness (QED) is 0.850. The van der Waals surface area contributed by atoms with E-state index in [0.29, 0.717) is 19.8 Å². The largest absolute Gasteiger partial charge is 0.491 e. The molecule has 4 heteroatoms. The van der Waals surface area contributed by atoms with Gasteiger partial charge >= 0.3 is 0 Å². The van der Waals surface area contributed by atoms with E-state index in [4.69, 9.17) is 14.6 Å². The molecule has 1 atom stereocenters. The highest BCUT2D eigenvalue weighted by Crippen LogP contribution is 2.17. The Bertz CT molecular complexity index is 368. The first-order valence-electron chi connectivity index (χ1n) is 6.43. The van der Waals surface area contributed by atoms with Crippen LogP contribution in [0.2, 0.25) is 0 Å². The molecule has 0 bridgehead atoms. The first-order chi connectivity index (χ1) is 8.79. The summed E-state index contributed by atoms with van der Waals surface area (Å²) in [7, 11) is 0. The molecule has 0 amide bonds. The third-order valence-corrected chi connectivity index (χ3v) is 3.16. The van der Waals surface area contributed by atoms with Crippen molar-refractivity contribution in [3.05, 3.63) is 29.8 Å². The van der Waals surface area contributed by atoms with E-state index in [-0.39, 0.29) is 12.7 Å². The zero-order valence-corrected chi connectivity index (χ0v) is 10.8. The van der Waals surface area contributed by atoms with E-state index in [2.05, 4.69) is 4.90 Å². The number of aryl methyl sites for hydroxylation is 1. The van der Waals surface area contributed by atoms with E-state index < -0.39 is 0 Å². The summed E-state index contributed by atoms with van der Waals surface area (Å²) >= 11 is 0. The summed E-state index contributed by atoms with van der Waals surface area (Å²) in [6.45, 7) is 5.94. The van der Waals surface area contributed by atoms with Gasteiger partial charge in [0.05, 0.1) is 13.2 Å². The summed E-state index contributed by atoms with van der Waals surface area (Å²) in [4.78, 5) is 2.20. The van der Waals surface area contributed by atoms with Crippen molar-refractivity contribution < 1.29 is 14.6 Å². The second-order valence-electron chi connectivity index (χ2n) is 4.59. The minimum absolute atomic E-state index is 0.0879. The second-order valence-corrected chi connectivity index (χ2v) is 4.59. The molecule has 2 rings (SSSR count). The van der Waals surface area contributed by atoms with Gasteiger partial charge in [0.15, 0.2) is 0 Å². The molecule has 0 aliphatic carbocycles. The lowest BCUT2D eigenvalue weighted by Gasteiger charge is -2.32. The van der Waals surface area contributed by atoms with Crippen LogP contribution in [0.4, 0.5) is 0 Å². The van der Waals surface area contributed by atoms with Crippen LogP contribution in [0.3, 0.4) is 0 Å². The Morgan fingerprint density at radius 3 is 3.06 bits per heavy atom. The highest BCUT2D eigenvalue weighted by atomic mass is 16.5. The van der Waals surface area contributed by atoms with Crippen molar-refractivity contribution in [2.45, 2.75) is 13.0 Å². The number of nitrogens with zero attached hydrogens (tertiary/aromatic N) is 1. The molecule has 0 spiro atoms. The molecule has 1 aliphatic heterocycles. The number of rotatable bonds is 5. The summed E-state index contributed by atoms with van der Waals surface area (Å²) in [6.07, 6.45) is 0.0879. The molecule has 0 unspecified atom stereocenters. The molecule has 1 aliphatic rings. The topological polar surface area (TPSA) is 41.9 Å². The Kier molecular flexibility index (Phi) is 4.99. The minimum Gasteiger partial charge on any atom is -0.491 e. The zero-order valence-electron chi connectivity index (χ0n) is 10.8. The van der Waals surface area contributed by atoms with Crippen LogP contribution in [0, 0.1) is 6.92 Å². The number of para-hydroxylation sites is 1. The predicted octanol–water partition coefficient (Wildman–Crippen LogP) is 1.07. The number of morpholine rings is 1. The maximum absolute atomic E-state index is 8.94. The third-order valence-electron chi connectivity index (χ3n) is 3.16. The molecule has 0 saturated carbocycles. The number of hydrogen-bond donors (Lipinski definition) is 1. The highest BCUT2D eigenvalue weighted by molar-refractivity contribution is 5.31. The van der Waals surface area contributed by atoms with Crippen LogP contribution in [-0.4, -0.2) is 55.6 Å². The predicted molar refractivity (Wildman–Crippen MR) is 69.9 cm³/mol. The fourth-order valence-electron chi connectivity index (χ4n) is 2.13. The molecule has 0 aromatic heterocycles. The highest BCUT2D eigenvalue weighted by Gasteiger charge is 2.20. The summed E-state index contributed by atoms with van der Waals surface area (Å²) in [5, 5.41) is 8.94. The van der Waals surface area contributed by atoms with Crippen LogP contribution >= 0.6 is 0 Å². The number of ether oxygens (including phenoxy) is 2. The van der Waals surface area contributed by atoms with Crippen LogP contribution in [0.5, 0.6) is 5.75 Å². The normalized spacial score (nSPS) is 20.9. The minimum atomic E-state index is 0.0879. The zero-order chi connectivity index (χ0) is 12.8. The molecule has 4 nitrogen and oxygen atoms in total. The summed E-state index contributed by atoms with van der Waals surface area (Å²) in [5.74, 6) is 0.917. The van der Waals surface area contributed by atoms with Crippen molar-refractivity contribution in [1.82, 2.24) is 4.90 Å². The smallest absolute Gasteiger partial charge is 0.122 e. The molecule has 1 heterocycles. The van der Waals surface area contributed by atoms with E-state index in [1.54, 1.807) is 0 Å². The molecular formula is C14H21NO3. The van der Waals surface area contributed by atoms with E-state index in [1.807, 2.05) is 31.2 Å². The van der Waals surface area contributed by atoms with Crippen LogP contribution in [-0.2, 0) is 4.74 Å². The van der Waals surface area contributed by atoms with E-state index in [9.17, 15) is 0 Å². The Hall–Kier alpha value is -1.10. The Labute approximate surface area is 108 Å². The van der Waals surface area contributed by atoms with E-state index >= 15 is 0 Å². The van der Waals surface area contributed by atoms with Crippen molar-refractivity contribution in [2.75, 3.05) is 39.5 Å². The number of aliphatic hydroxyl groups is 1. The van der Waals surface area contributed by atoms with Gasteiger partial charge in [0.2, 0.25) is 0 Å². The molecule has 1 fully saturated rings. The second kappa shape index (κ2) is 6.73. The molecule has 1 aromatic rings. The van der Waals surface area contributed by atoms with Crippen LogP contribution in [0.1, 0.15) is 5.56 Å². The molecule has 1 saturated heterocycles. The lowest BCUT2D eigenvalue weighted by Crippen LogP contribution is -2.45. The summed E-state index contributed by atoms with van der Waals surface area (Å²) < 4.78 is 11.5. The molecule has 0 radical (unpaired) electrons. The standard InChI is InChI=1S/C14H21NO3/c1-12-4-2-3-5-14(12)18-11-13-10-15(6-8-16)7-9-17-13/h2-5,13,16H,6-11H2,1H3/t13-/m1/s1. The lowest BCUT2D eigenvalue weighted by molar-refractivity contribution is -0.0509. The number of β-amino-alcohol motifs (C(OH)–C–C–N with tert-alkyl or cyclic N) is 1. The molecule has 1 N–H and O–H groups in total. The molecule has 1 aromatic carbocycles. The Morgan fingerprint density at radius 2 is 2.28 bits per heavy atom. The Morgan fingerprint density at radius 1 is 1.44 bits per heavy atom. The van der Waals surface area contributed by atoms with E-state index in [1.165, 1.54) is 0 Å². The van der Waals surface area contributed by atoms with Crippen LogP contribution in [0.25, 0.3) is 0 Å². The summed E-state index contributed by atoms with van der Waals surface area (Å²) in [5.41, 5.74) is 1.14. The first-order valence-corrected chi connectivity index (χ1v) is 6.43. The van der Waals surface area contributed by atoms with Gasteiger partial charge in [-0.25, -0.2) is 0 Å². The fourth-order valence-corrected chi connectivity index (χ4v) is 2.13. The van der Waals surface area contributed by atoms with Gasteiger partial charge in [-0.05, 0) is 18.6 Å². The van der Waals surface area contributed by atoms with Gasteiger partial charge in [0, 0.05) is 19.6 Å². The maximum atomic E-state index is 8.94. The number of hydrogen-bond acceptors (Lipinski definition) is 4. The van der Waals surface area contributed by atoms with Crippen LogP contribution in [0.15, 0.2) is 24.3 Å². The van der Waals surface area contributed by atoms with Crippen LogP contribution < -0.4 is 4.74 Å². The first kappa shape index (κ1) is 13.3. The van der Waals surface area contributed by atoms with Gasteiger partial charge in [-0.2, -0.15) is 0 Å². The Balaban J connectivity index is 1.81. The maximum Gasteiger partial charge on any atom is 0.122 e. The van der Waals surface area contributed by atoms with Crippen molar-refractivity contribution in [3.63, 3.8) is 0 Å². The summed E-state index contributed by atoms with van der Waals surface area (Å²) in [6, 6.07) is 7.99. The van der Waals surface area contributed by atoms with Crippen molar-refractivity contribution >= 4 is 0 Å². The van der Waals surface area contributed by atoms with Gasteiger partial charge in [-0.15, -0.1) is 0 Å². The van der Waals surface area contributed by atoms with E-state index in [0.717, 1.165) is 24.4 Å². The monoisotopic (exact) mass is 251 g/mol. The third kappa shape index (κ3) is 3.70. The van der Waals surface area contributed by atoms with Gasteiger partial charge in [0.25, 0.3) is 0 Å². The number of benzene rings is 1. The SMILES string of the molecule is Cc1ccccc1OC[C@H]1CN(CCO)CCO1. The van der Waals surface area contributed by atoms with Crippen molar-refractivity contribution in [3.8, 4) is 5.75 Å².